The van der Waals surface area contributed by atoms with Gasteiger partial charge in [0.25, 0.3) is 0 Å². The van der Waals surface area contributed by atoms with E-state index in [-0.39, 0.29) is 12.4 Å². The zero-order chi connectivity index (χ0) is 17.9. The van der Waals surface area contributed by atoms with Crippen molar-refractivity contribution in [3.8, 4) is 11.3 Å². The van der Waals surface area contributed by atoms with Crippen LogP contribution in [-0.4, -0.2) is 16.6 Å². The predicted molar refractivity (Wildman–Crippen MR) is 104 cm³/mol. The molecule has 3 nitrogen and oxygen atoms in total. The minimum atomic E-state index is -0.488. The van der Waals surface area contributed by atoms with Gasteiger partial charge in [-0.3, -0.25) is 4.79 Å². The molecule has 0 fully saturated rings. The van der Waals surface area contributed by atoms with Crippen LogP contribution in [0.2, 0.25) is 5.02 Å². The number of hydrogen-bond acceptors (Lipinski definition) is 3. The van der Waals surface area contributed by atoms with Crippen molar-refractivity contribution in [2.75, 3.05) is 0 Å². The predicted octanol–water partition coefficient (Wildman–Crippen LogP) is 6.20. The van der Waals surface area contributed by atoms with E-state index in [0.717, 1.165) is 21.3 Å². The molecule has 0 saturated carbocycles. The van der Waals surface area contributed by atoms with Crippen LogP contribution >= 0.6 is 43.5 Å². The number of carbonyl (C=O) groups excluding carboxylic acids is 1. The van der Waals surface area contributed by atoms with E-state index in [1.807, 2.05) is 51.1 Å². The smallest absolute Gasteiger partial charge is 0.306 e. The summed E-state index contributed by atoms with van der Waals surface area (Å²) >= 11 is 13.3. The van der Waals surface area contributed by atoms with Crippen LogP contribution in [0.1, 0.15) is 32.8 Å². The van der Waals surface area contributed by atoms with Crippen molar-refractivity contribution in [3.63, 3.8) is 0 Å². The molecule has 0 aliphatic carbocycles. The summed E-state index contributed by atoms with van der Waals surface area (Å²) in [6.45, 7) is 5.57. The number of aromatic nitrogens is 1. The molecule has 0 spiro atoms. The first-order chi connectivity index (χ1) is 11.2. The van der Waals surface area contributed by atoms with E-state index in [1.54, 1.807) is 0 Å². The summed E-state index contributed by atoms with van der Waals surface area (Å²) in [4.78, 5) is 16.6. The van der Waals surface area contributed by atoms with E-state index < -0.39 is 5.60 Å². The fourth-order valence-electron chi connectivity index (χ4n) is 2.24. The molecule has 0 unspecified atom stereocenters. The molecule has 0 amide bonds. The number of esters is 1. The Balaban J connectivity index is 2.33. The highest BCUT2D eigenvalue weighted by molar-refractivity contribution is 9.11. The molecule has 2 rings (SSSR count). The van der Waals surface area contributed by atoms with Gasteiger partial charge in [0, 0.05) is 21.5 Å². The molecule has 0 N–H and O–H groups in total. The van der Waals surface area contributed by atoms with Gasteiger partial charge in [0.2, 0.25) is 0 Å². The number of pyridine rings is 1. The van der Waals surface area contributed by atoms with Gasteiger partial charge in [-0.2, -0.15) is 0 Å². The normalized spacial score (nSPS) is 11.4. The van der Waals surface area contributed by atoms with Gasteiger partial charge in [0.1, 0.15) is 10.2 Å². The number of ether oxygens (including phenoxy) is 1. The number of carbonyl (C=O) groups is 1. The van der Waals surface area contributed by atoms with Crippen molar-refractivity contribution < 1.29 is 9.53 Å². The third kappa shape index (κ3) is 5.30. The lowest BCUT2D eigenvalue weighted by atomic mass is 10.0. The van der Waals surface area contributed by atoms with Crippen molar-refractivity contribution in [2.24, 2.45) is 0 Å². The Morgan fingerprint density at radius 2 is 1.92 bits per heavy atom. The van der Waals surface area contributed by atoms with Gasteiger partial charge in [0.05, 0.1) is 5.69 Å². The van der Waals surface area contributed by atoms with Gasteiger partial charge in [-0.05, 0) is 60.8 Å². The van der Waals surface area contributed by atoms with Gasteiger partial charge in [-0.15, -0.1) is 0 Å². The van der Waals surface area contributed by atoms with E-state index in [0.29, 0.717) is 16.0 Å². The average molecular weight is 476 g/mol. The zero-order valence-electron chi connectivity index (χ0n) is 13.7. The fourth-order valence-corrected chi connectivity index (χ4v) is 3.79. The lowest BCUT2D eigenvalue weighted by Crippen LogP contribution is -2.24. The van der Waals surface area contributed by atoms with E-state index in [9.17, 15) is 4.79 Å². The second kappa shape index (κ2) is 7.98. The monoisotopic (exact) mass is 473 g/mol. The first-order valence-corrected chi connectivity index (χ1v) is 9.45. The number of rotatable bonds is 4. The Labute approximate surface area is 164 Å². The van der Waals surface area contributed by atoms with Gasteiger partial charge in [-0.1, -0.05) is 45.7 Å². The van der Waals surface area contributed by atoms with E-state index in [1.165, 1.54) is 0 Å². The molecule has 1 aromatic heterocycles. The summed E-state index contributed by atoms with van der Waals surface area (Å²) in [5.74, 6) is -0.234. The highest BCUT2D eigenvalue weighted by atomic mass is 79.9. The average Bonchev–Trinajstić information content (AvgIpc) is 2.44. The summed E-state index contributed by atoms with van der Waals surface area (Å²) in [7, 11) is 0. The third-order valence-electron chi connectivity index (χ3n) is 3.17. The molecule has 0 aliphatic heterocycles. The van der Waals surface area contributed by atoms with E-state index >= 15 is 0 Å². The molecule has 128 valence electrons. The minimum Gasteiger partial charge on any atom is -0.460 e. The number of benzene rings is 1. The number of halogens is 3. The van der Waals surface area contributed by atoms with Crippen LogP contribution in [0.3, 0.4) is 0 Å². The first kappa shape index (κ1) is 19.4. The molecule has 0 radical (unpaired) electrons. The molecular formula is C18H18Br2ClNO2. The standard InChI is InChI=1S/C18H18Br2ClNO2/c1-18(2,3)24-16(23)9-8-11-13(19)10-15(20)22-17(11)12-6-4-5-7-14(12)21/h4-7,10H,8-9H2,1-3H3. The molecule has 0 atom stereocenters. The Morgan fingerprint density at radius 3 is 2.54 bits per heavy atom. The van der Waals surface area contributed by atoms with E-state index in [4.69, 9.17) is 16.3 Å². The Morgan fingerprint density at radius 1 is 1.25 bits per heavy atom. The van der Waals surface area contributed by atoms with Crippen LogP contribution in [-0.2, 0) is 16.0 Å². The first-order valence-electron chi connectivity index (χ1n) is 7.49. The lowest BCUT2D eigenvalue weighted by molar-refractivity contribution is -0.154. The van der Waals surface area contributed by atoms with Crippen LogP contribution in [0.15, 0.2) is 39.4 Å². The van der Waals surface area contributed by atoms with Gasteiger partial charge in [-0.25, -0.2) is 4.98 Å². The summed E-state index contributed by atoms with van der Waals surface area (Å²) in [6.07, 6.45) is 0.785. The van der Waals surface area contributed by atoms with Crippen LogP contribution in [0.25, 0.3) is 11.3 Å². The summed E-state index contributed by atoms with van der Waals surface area (Å²) < 4.78 is 6.96. The van der Waals surface area contributed by atoms with Gasteiger partial charge < -0.3 is 4.74 Å². The summed E-state index contributed by atoms with van der Waals surface area (Å²) in [5.41, 5.74) is 2.03. The van der Waals surface area contributed by atoms with Crippen LogP contribution < -0.4 is 0 Å². The quantitative estimate of drug-likeness (QED) is 0.390. The Kier molecular flexibility index (Phi) is 6.46. The molecule has 24 heavy (non-hydrogen) atoms. The number of hydrogen-bond donors (Lipinski definition) is 0. The maximum atomic E-state index is 12.0. The topological polar surface area (TPSA) is 39.2 Å². The van der Waals surface area contributed by atoms with Gasteiger partial charge in [0.15, 0.2) is 0 Å². The highest BCUT2D eigenvalue weighted by Gasteiger charge is 2.19. The molecule has 2 aromatic rings. The van der Waals surface area contributed by atoms with Crippen LogP contribution in [0, 0.1) is 0 Å². The third-order valence-corrected chi connectivity index (χ3v) is 4.61. The van der Waals surface area contributed by atoms with E-state index in [2.05, 4.69) is 36.8 Å². The molecule has 1 aromatic carbocycles. The van der Waals surface area contributed by atoms with Crippen LogP contribution in [0.5, 0.6) is 0 Å². The SMILES string of the molecule is CC(C)(C)OC(=O)CCc1c(Br)cc(Br)nc1-c1ccccc1Cl. The van der Waals surface area contributed by atoms with Crippen molar-refractivity contribution in [2.45, 2.75) is 39.2 Å². The fraction of sp³-hybridized carbons (Fsp3) is 0.333. The molecule has 0 bridgehead atoms. The molecule has 0 aliphatic rings. The Bertz CT molecular complexity index is 757. The van der Waals surface area contributed by atoms with Crippen LogP contribution in [0.4, 0.5) is 0 Å². The second-order valence-electron chi connectivity index (χ2n) is 6.32. The molecule has 1 heterocycles. The summed E-state index contributed by atoms with van der Waals surface area (Å²) in [6, 6.07) is 9.39. The maximum absolute atomic E-state index is 12.0. The highest BCUT2D eigenvalue weighted by Crippen LogP contribution is 2.35. The van der Waals surface area contributed by atoms with Crippen molar-refractivity contribution >= 4 is 49.4 Å². The van der Waals surface area contributed by atoms with Crippen molar-refractivity contribution in [3.05, 3.63) is 50.0 Å². The largest absolute Gasteiger partial charge is 0.460 e. The molecular weight excluding hydrogens is 457 g/mol. The summed E-state index contributed by atoms with van der Waals surface area (Å²) in [5, 5.41) is 0.619. The zero-order valence-corrected chi connectivity index (χ0v) is 17.6. The van der Waals surface area contributed by atoms with Gasteiger partial charge >= 0.3 is 5.97 Å². The maximum Gasteiger partial charge on any atom is 0.306 e. The molecule has 6 heteroatoms. The second-order valence-corrected chi connectivity index (χ2v) is 8.39. The van der Waals surface area contributed by atoms with Crippen molar-refractivity contribution in [1.82, 2.24) is 4.98 Å². The lowest BCUT2D eigenvalue weighted by Gasteiger charge is -2.20. The number of nitrogens with zero attached hydrogens (tertiary/aromatic N) is 1. The molecule has 0 saturated heterocycles. The Hall–Kier alpha value is -0.910. The van der Waals surface area contributed by atoms with Crippen molar-refractivity contribution in [1.29, 1.82) is 0 Å². The minimum absolute atomic E-state index is 0.234.